The minimum atomic E-state index is -4.38. The molecule has 0 radical (unpaired) electrons. The van der Waals surface area contributed by atoms with Crippen LogP contribution in [0.5, 0.6) is 0 Å². The third kappa shape index (κ3) is 3.83. The Morgan fingerprint density at radius 2 is 1.67 bits per heavy atom. The molecule has 1 aliphatic heterocycles. The van der Waals surface area contributed by atoms with E-state index in [1.165, 1.54) is 6.07 Å². The van der Waals surface area contributed by atoms with E-state index >= 15 is 0 Å². The van der Waals surface area contributed by atoms with Crippen LogP contribution < -0.4 is 15.4 Å². The second-order valence-corrected chi connectivity index (χ2v) is 7.63. The molecule has 158 valence electrons. The Labute approximate surface area is 171 Å². The predicted octanol–water partition coefficient (Wildman–Crippen LogP) is 3.72. The van der Waals surface area contributed by atoms with E-state index in [2.05, 4.69) is 14.9 Å². The quantitative estimate of drug-likeness (QED) is 0.650. The molecule has 30 heavy (non-hydrogen) atoms. The molecule has 1 saturated heterocycles. The van der Waals surface area contributed by atoms with Gasteiger partial charge in [-0.25, -0.2) is 9.97 Å². The van der Waals surface area contributed by atoms with Crippen molar-refractivity contribution in [1.82, 2.24) is 14.5 Å². The summed E-state index contributed by atoms with van der Waals surface area (Å²) >= 11 is 0. The smallest absolute Gasteiger partial charge is 0.368 e. The predicted molar refractivity (Wildman–Crippen MR) is 110 cm³/mol. The minimum absolute atomic E-state index is 0.0426. The lowest BCUT2D eigenvalue weighted by atomic mass is 10.2. The highest BCUT2D eigenvalue weighted by atomic mass is 19.4. The SMILES string of the molecule is CC(C)n1cnc2cc(N3CCN(c4ccc(C(F)(F)F)cn4)CC3)ccc2c1=O. The number of hydrogen-bond acceptors (Lipinski definition) is 5. The first-order valence-corrected chi connectivity index (χ1v) is 9.78. The van der Waals surface area contributed by atoms with Gasteiger partial charge in [-0.1, -0.05) is 0 Å². The van der Waals surface area contributed by atoms with Crippen molar-refractivity contribution >= 4 is 22.4 Å². The molecule has 0 atom stereocenters. The largest absolute Gasteiger partial charge is 0.417 e. The molecule has 3 aromatic rings. The van der Waals surface area contributed by atoms with Crippen LogP contribution in [0.3, 0.4) is 0 Å². The van der Waals surface area contributed by atoms with Crippen LogP contribution in [0.1, 0.15) is 25.5 Å². The molecule has 4 rings (SSSR count). The summed E-state index contributed by atoms with van der Waals surface area (Å²) in [6, 6.07) is 8.16. The molecule has 9 heteroatoms. The first-order valence-electron chi connectivity index (χ1n) is 9.78. The topological polar surface area (TPSA) is 54.3 Å². The van der Waals surface area contributed by atoms with E-state index in [0.29, 0.717) is 42.9 Å². The van der Waals surface area contributed by atoms with Crippen LogP contribution in [0.25, 0.3) is 10.9 Å². The summed E-state index contributed by atoms with van der Waals surface area (Å²) < 4.78 is 39.7. The van der Waals surface area contributed by atoms with Crippen molar-refractivity contribution in [1.29, 1.82) is 0 Å². The van der Waals surface area contributed by atoms with Crippen molar-refractivity contribution in [3.8, 4) is 0 Å². The van der Waals surface area contributed by atoms with Crippen LogP contribution >= 0.6 is 0 Å². The molecule has 0 aliphatic carbocycles. The Hall–Kier alpha value is -3.10. The van der Waals surface area contributed by atoms with Gasteiger partial charge < -0.3 is 9.80 Å². The zero-order valence-corrected chi connectivity index (χ0v) is 16.7. The van der Waals surface area contributed by atoms with E-state index in [-0.39, 0.29) is 11.6 Å². The third-order valence-electron chi connectivity index (χ3n) is 5.37. The van der Waals surface area contributed by atoms with Crippen LogP contribution in [0.2, 0.25) is 0 Å². The molecule has 0 amide bonds. The van der Waals surface area contributed by atoms with Gasteiger partial charge in [0, 0.05) is 44.1 Å². The van der Waals surface area contributed by atoms with Crippen LogP contribution in [0, 0.1) is 0 Å². The van der Waals surface area contributed by atoms with Crippen molar-refractivity contribution in [3.05, 3.63) is 58.8 Å². The molecule has 0 N–H and O–H groups in total. The first-order chi connectivity index (χ1) is 14.2. The van der Waals surface area contributed by atoms with Crippen LogP contribution in [-0.2, 0) is 6.18 Å². The van der Waals surface area contributed by atoms with Gasteiger partial charge in [0.15, 0.2) is 0 Å². The van der Waals surface area contributed by atoms with Gasteiger partial charge in [-0.3, -0.25) is 9.36 Å². The lowest BCUT2D eigenvalue weighted by Gasteiger charge is -2.36. The van der Waals surface area contributed by atoms with Gasteiger partial charge >= 0.3 is 6.18 Å². The van der Waals surface area contributed by atoms with Gasteiger partial charge in [0.25, 0.3) is 5.56 Å². The second kappa shape index (κ2) is 7.62. The molecule has 1 fully saturated rings. The number of pyridine rings is 1. The number of alkyl halides is 3. The number of hydrogen-bond donors (Lipinski definition) is 0. The number of rotatable bonds is 3. The highest BCUT2D eigenvalue weighted by Gasteiger charge is 2.31. The molecule has 3 heterocycles. The lowest BCUT2D eigenvalue weighted by Crippen LogP contribution is -2.46. The molecule has 0 spiro atoms. The maximum Gasteiger partial charge on any atom is 0.417 e. The van der Waals surface area contributed by atoms with E-state index in [1.807, 2.05) is 36.9 Å². The molecule has 0 saturated carbocycles. The third-order valence-corrected chi connectivity index (χ3v) is 5.37. The first kappa shape index (κ1) is 20.2. The van der Waals surface area contributed by atoms with Crippen molar-refractivity contribution in [2.75, 3.05) is 36.0 Å². The van der Waals surface area contributed by atoms with E-state index in [4.69, 9.17) is 0 Å². The van der Waals surface area contributed by atoms with Gasteiger partial charge in [0.1, 0.15) is 5.82 Å². The molecule has 6 nitrogen and oxygen atoms in total. The Kier molecular flexibility index (Phi) is 5.13. The van der Waals surface area contributed by atoms with Crippen molar-refractivity contribution in [2.24, 2.45) is 0 Å². The second-order valence-electron chi connectivity index (χ2n) is 7.63. The maximum atomic E-state index is 12.7. The summed E-state index contributed by atoms with van der Waals surface area (Å²) in [6.07, 6.45) is -1.93. The van der Waals surface area contributed by atoms with Crippen molar-refractivity contribution in [3.63, 3.8) is 0 Å². The van der Waals surface area contributed by atoms with E-state index in [0.717, 1.165) is 18.0 Å². The van der Waals surface area contributed by atoms with E-state index in [9.17, 15) is 18.0 Å². The number of fused-ring (bicyclic) bond motifs is 1. The van der Waals surface area contributed by atoms with Gasteiger partial charge in [0.05, 0.1) is 22.8 Å². The maximum absolute atomic E-state index is 12.7. The van der Waals surface area contributed by atoms with Crippen LogP contribution in [0.4, 0.5) is 24.7 Å². The molecule has 0 bridgehead atoms. The summed E-state index contributed by atoms with van der Waals surface area (Å²) in [6.45, 7) is 6.54. The Balaban J connectivity index is 1.48. The highest BCUT2D eigenvalue weighted by Crippen LogP contribution is 2.29. The Bertz CT molecular complexity index is 1100. The molecule has 0 unspecified atom stereocenters. The fourth-order valence-corrected chi connectivity index (χ4v) is 3.62. The Morgan fingerprint density at radius 3 is 2.27 bits per heavy atom. The van der Waals surface area contributed by atoms with Crippen molar-refractivity contribution < 1.29 is 13.2 Å². The van der Waals surface area contributed by atoms with E-state index < -0.39 is 11.7 Å². The molecule has 2 aromatic heterocycles. The number of halogens is 3. The monoisotopic (exact) mass is 417 g/mol. The lowest BCUT2D eigenvalue weighted by molar-refractivity contribution is -0.137. The zero-order chi connectivity index (χ0) is 21.5. The van der Waals surface area contributed by atoms with Crippen LogP contribution in [0.15, 0.2) is 47.7 Å². The standard InChI is InChI=1S/C21H22F3N5O/c1-14(2)29-13-26-18-11-16(4-5-17(18)20(29)30)27-7-9-28(10-8-27)19-6-3-15(12-25-19)21(22,23)24/h3-6,11-14H,7-10H2,1-2H3. The number of anilines is 2. The average Bonchev–Trinajstić information content (AvgIpc) is 2.73. The summed E-state index contributed by atoms with van der Waals surface area (Å²) in [7, 11) is 0. The fourth-order valence-electron chi connectivity index (χ4n) is 3.62. The zero-order valence-electron chi connectivity index (χ0n) is 16.7. The molecular formula is C21H22F3N5O. The summed E-state index contributed by atoms with van der Waals surface area (Å²) in [5.41, 5.74) is 0.822. The van der Waals surface area contributed by atoms with Crippen molar-refractivity contribution in [2.45, 2.75) is 26.1 Å². The van der Waals surface area contributed by atoms with Gasteiger partial charge in [-0.2, -0.15) is 13.2 Å². The summed E-state index contributed by atoms with van der Waals surface area (Å²) in [5, 5.41) is 0.586. The highest BCUT2D eigenvalue weighted by molar-refractivity contribution is 5.81. The Morgan fingerprint density at radius 1 is 0.967 bits per heavy atom. The van der Waals surface area contributed by atoms with Gasteiger partial charge in [-0.05, 0) is 44.2 Å². The van der Waals surface area contributed by atoms with Gasteiger partial charge in [0.2, 0.25) is 0 Å². The summed E-state index contributed by atoms with van der Waals surface area (Å²) in [4.78, 5) is 25.1. The van der Waals surface area contributed by atoms with Crippen LogP contribution in [-0.4, -0.2) is 40.7 Å². The van der Waals surface area contributed by atoms with E-state index in [1.54, 1.807) is 10.9 Å². The minimum Gasteiger partial charge on any atom is -0.368 e. The molecule has 1 aromatic carbocycles. The normalized spacial score (nSPS) is 15.3. The van der Waals surface area contributed by atoms with Gasteiger partial charge in [-0.15, -0.1) is 0 Å². The number of piperazine rings is 1. The number of nitrogens with zero attached hydrogens (tertiary/aromatic N) is 5. The molecular weight excluding hydrogens is 395 g/mol. The summed E-state index contributed by atoms with van der Waals surface area (Å²) in [5.74, 6) is 0.539. The fraction of sp³-hybridized carbons (Fsp3) is 0.381. The number of benzene rings is 1. The number of aromatic nitrogens is 3. The molecule has 1 aliphatic rings. The average molecular weight is 417 g/mol.